The molecule has 0 unspecified atom stereocenters. The van der Waals surface area contributed by atoms with Gasteiger partial charge in [0.25, 0.3) is 5.91 Å². The molecule has 0 fully saturated rings. The number of nitrogens with one attached hydrogen (secondary N) is 1. The van der Waals surface area contributed by atoms with E-state index in [0.717, 1.165) is 17.7 Å². The molecular formula is C21H18ClFN2O5S. The van der Waals surface area contributed by atoms with Gasteiger partial charge in [0.2, 0.25) is 0 Å². The molecule has 0 saturated heterocycles. The second-order valence-corrected chi connectivity index (χ2v) is 7.49. The van der Waals surface area contributed by atoms with Gasteiger partial charge in [0.1, 0.15) is 10.8 Å². The molecule has 10 heteroatoms. The molecule has 0 bridgehead atoms. The summed E-state index contributed by atoms with van der Waals surface area (Å²) in [4.78, 5) is 28.4. The zero-order valence-electron chi connectivity index (χ0n) is 16.6. The van der Waals surface area contributed by atoms with E-state index < -0.39 is 24.3 Å². The Labute approximate surface area is 186 Å². The highest BCUT2D eigenvalue weighted by Crippen LogP contribution is 2.33. The van der Waals surface area contributed by atoms with Crippen LogP contribution in [0.5, 0.6) is 11.5 Å². The zero-order chi connectivity index (χ0) is 22.4. The predicted octanol–water partition coefficient (Wildman–Crippen LogP) is 4.34. The van der Waals surface area contributed by atoms with E-state index in [1.54, 1.807) is 31.7 Å². The lowest BCUT2D eigenvalue weighted by molar-refractivity contribution is -0.146. The maximum Gasteiger partial charge on any atom is 0.312 e. The zero-order valence-corrected chi connectivity index (χ0v) is 18.2. The summed E-state index contributed by atoms with van der Waals surface area (Å²) in [5.74, 6) is -0.545. The second kappa shape index (κ2) is 10.2. The number of methoxy groups -OCH3 is 2. The number of amides is 1. The summed E-state index contributed by atoms with van der Waals surface area (Å²) in [6.45, 7) is -0.501. The molecule has 1 amide bonds. The Bertz CT molecular complexity index is 1110. The van der Waals surface area contributed by atoms with Crippen molar-refractivity contribution in [3.05, 3.63) is 58.3 Å². The van der Waals surface area contributed by atoms with Gasteiger partial charge in [-0.2, -0.15) is 0 Å². The Morgan fingerprint density at radius 3 is 2.61 bits per heavy atom. The summed E-state index contributed by atoms with van der Waals surface area (Å²) < 4.78 is 28.5. The van der Waals surface area contributed by atoms with Crippen LogP contribution in [0, 0.1) is 5.82 Å². The number of carbonyl (C=O) groups is 2. The molecule has 0 spiro atoms. The van der Waals surface area contributed by atoms with E-state index in [4.69, 9.17) is 25.8 Å². The number of hydrogen-bond acceptors (Lipinski definition) is 7. The van der Waals surface area contributed by atoms with Gasteiger partial charge in [-0.25, -0.2) is 9.37 Å². The Balaban J connectivity index is 1.54. The van der Waals surface area contributed by atoms with Crippen molar-refractivity contribution in [2.45, 2.75) is 6.42 Å². The fourth-order valence-electron chi connectivity index (χ4n) is 2.61. The topological polar surface area (TPSA) is 86.8 Å². The van der Waals surface area contributed by atoms with Gasteiger partial charge in [0.05, 0.1) is 37.0 Å². The van der Waals surface area contributed by atoms with Gasteiger partial charge in [-0.05, 0) is 36.4 Å². The number of ether oxygens (including phenoxy) is 3. The quantitative estimate of drug-likeness (QED) is 0.499. The number of aromatic nitrogens is 1. The highest BCUT2D eigenvalue weighted by Gasteiger charge is 2.14. The lowest BCUT2D eigenvalue weighted by Gasteiger charge is -2.08. The van der Waals surface area contributed by atoms with Gasteiger partial charge < -0.3 is 19.5 Å². The summed E-state index contributed by atoms with van der Waals surface area (Å²) in [7, 11) is 3.10. The largest absolute Gasteiger partial charge is 0.493 e. The SMILES string of the molecule is COc1ccc(-c2nc(CC(=O)OCC(=O)Nc3ccc(F)cc3Cl)cs2)cc1OC. The summed E-state index contributed by atoms with van der Waals surface area (Å²) >= 11 is 7.21. The van der Waals surface area contributed by atoms with E-state index in [1.807, 2.05) is 6.07 Å². The van der Waals surface area contributed by atoms with Crippen molar-refractivity contribution in [1.29, 1.82) is 0 Å². The number of benzene rings is 2. The van der Waals surface area contributed by atoms with Crippen molar-refractivity contribution >= 4 is 40.5 Å². The number of nitrogens with zero attached hydrogens (tertiary/aromatic N) is 1. The van der Waals surface area contributed by atoms with E-state index in [-0.39, 0.29) is 17.1 Å². The maximum absolute atomic E-state index is 13.0. The number of anilines is 1. The molecule has 0 aliphatic carbocycles. The molecule has 0 saturated carbocycles. The highest BCUT2D eigenvalue weighted by molar-refractivity contribution is 7.13. The third kappa shape index (κ3) is 5.93. The molecule has 1 N–H and O–H groups in total. The fourth-order valence-corrected chi connectivity index (χ4v) is 3.64. The monoisotopic (exact) mass is 464 g/mol. The van der Waals surface area contributed by atoms with Gasteiger partial charge in [-0.3, -0.25) is 9.59 Å². The lowest BCUT2D eigenvalue weighted by Crippen LogP contribution is -2.21. The summed E-state index contributed by atoms with van der Waals surface area (Å²) in [6, 6.07) is 8.96. The first-order valence-corrected chi connectivity index (χ1v) is 10.2. The first kappa shape index (κ1) is 22.5. The summed E-state index contributed by atoms with van der Waals surface area (Å²) in [5, 5.41) is 4.94. The summed E-state index contributed by atoms with van der Waals surface area (Å²) in [5.41, 5.74) is 1.56. The Morgan fingerprint density at radius 1 is 1.13 bits per heavy atom. The molecule has 0 aliphatic rings. The van der Waals surface area contributed by atoms with Crippen LogP contribution in [0.15, 0.2) is 41.8 Å². The Hall–Kier alpha value is -3.17. The van der Waals surface area contributed by atoms with E-state index in [9.17, 15) is 14.0 Å². The number of carbonyl (C=O) groups excluding carboxylic acids is 2. The van der Waals surface area contributed by atoms with Gasteiger partial charge in [-0.15, -0.1) is 11.3 Å². The van der Waals surface area contributed by atoms with Crippen LogP contribution in [0.1, 0.15) is 5.69 Å². The molecular weight excluding hydrogens is 447 g/mol. The smallest absolute Gasteiger partial charge is 0.312 e. The van der Waals surface area contributed by atoms with Crippen molar-refractivity contribution in [3.8, 4) is 22.1 Å². The van der Waals surface area contributed by atoms with Crippen molar-refractivity contribution < 1.29 is 28.2 Å². The predicted molar refractivity (Wildman–Crippen MR) is 115 cm³/mol. The van der Waals surface area contributed by atoms with Gasteiger partial charge in [0, 0.05) is 10.9 Å². The fraction of sp³-hybridized carbons (Fsp3) is 0.190. The third-order valence-electron chi connectivity index (χ3n) is 4.08. The van der Waals surface area contributed by atoms with Crippen LogP contribution in [-0.4, -0.2) is 37.7 Å². The van der Waals surface area contributed by atoms with Crippen molar-refractivity contribution in [2.75, 3.05) is 26.1 Å². The van der Waals surface area contributed by atoms with Crippen molar-refractivity contribution in [1.82, 2.24) is 4.98 Å². The minimum Gasteiger partial charge on any atom is -0.493 e. The van der Waals surface area contributed by atoms with E-state index >= 15 is 0 Å². The average molecular weight is 465 g/mol. The molecule has 3 aromatic rings. The Morgan fingerprint density at radius 2 is 1.90 bits per heavy atom. The number of halogens is 2. The highest BCUT2D eigenvalue weighted by atomic mass is 35.5. The second-order valence-electron chi connectivity index (χ2n) is 6.22. The van der Waals surface area contributed by atoms with Crippen LogP contribution in [0.25, 0.3) is 10.6 Å². The summed E-state index contributed by atoms with van der Waals surface area (Å²) in [6.07, 6.45) is -0.0889. The van der Waals surface area contributed by atoms with E-state index in [0.29, 0.717) is 22.2 Å². The molecule has 31 heavy (non-hydrogen) atoms. The Kier molecular flexibility index (Phi) is 7.43. The van der Waals surface area contributed by atoms with Crippen molar-refractivity contribution in [3.63, 3.8) is 0 Å². The standard InChI is InChI=1S/C21H18ClFN2O5S/c1-28-17-6-3-12(7-18(17)29-2)21-24-14(11-31-21)9-20(27)30-10-19(26)25-16-5-4-13(23)8-15(16)22/h3-8,11H,9-10H2,1-2H3,(H,25,26). The molecule has 1 aromatic heterocycles. The minimum absolute atomic E-state index is 0.0461. The normalized spacial score (nSPS) is 10.5. The maximum atomic E-state index is 13.0. The molecule has 1 heterocycles. The van der Waals surface area contributed by atoms with Crippen LogP contribution < -0.4 is 14.8 Å². The number of esters is 1. The van der Waals surface area contributed by atoms with Crippen molar-refractivity contribution in [2.24, 2.45) is 0 Å². The van der Waals surface area contributed by atoms with Gasteiger partial charge >= 0.3 is 5.97 Å². The molecule has 7 nitrogen and oxygen atoms in total. The molecule has 3 rings (SSSR count). The van der Waals surface area contributed by atoms with Crippen LogP contribution in [0.3, 0.4) is 0 Å². The lowest BCUT2D eigenvalue weighted by atomic mass is 10.2. The van der Waals surface area contributed by atoms with Gasteiger partial charge in [-0.1, -0.05) is 11.6 Å². The third-order valence-corrected chi connectivity index (χ3v) is 5.33. The van der Waals surface area contributed by atoms with Crippen LogP contribution in [0.2, 0.25) is 5.02 Å². The van der Waals surface area contributed by atoms with E-state index in [1.165, 1.54) is 17.4 Å². The van der Waals surface area contributed by atoms with E-state index in [2.05, 4.69) is 10.3 Å². The molecule has 162 valence electrons. The van der Waals surface area contributed by atoms with Crippen LogP contribution in [0.4, 0.5) is 10.1 Å². The number of rotatable bonds is 8. The number of thiazole rings is 1. The average Bonchev–Trinajstić information content (AvgIpc) is 3.22. The number of hydrogen-bond donors (Lipinski definition) is 1. The molecule has 0 radical (unpaired) electrons. The minimum atomic E-state index is -0.607. The molecule has 0 atom stereocenters. The van der Waals surface area contributed by atoms with Crippen LogP contribution >= 0.6 is 22.9 Å². The molecule has 2 aromatic carbocycles. The van der Waals surface area contributed by atoms with Crippen LogP contribution in [-0.2, 0) is 20.7 Å². The van der Waals surface area contributed by atoms with Gasteiger partial charge in [0.15, 0.2) is 18.1 Å². The first-order valence-electron chi connectivity index (χ1n) is 8.97. The molecule has 0 aliphatic heterocycles. The first-order chi connectivity index (χ1) is 14.9.